The van der Waals surface area contributed by atoms with Gasteiger partial charge >= 0.3 is 6.18 Å². The van der Waals surface area contributed by atoms with Gasteiger partial charge in [0, 0.05) is 11.3 Å². The first-order valence-corrected chi connectivity index (χ1v) is 8.30. The van der Waals surface area contributed by atoms with E-state index in [4.69, 9.17) is 5.73 Å². The van der Waals surface area contributed by atoms with Gasteiger partial charge in [-0.2, -0.15) is 13.2 Å². The molecule has 2 atom stereocenters. The Bertz CT molecular complexity index is 784. The number of benzene rings is 1. The highest BCUT2D eigenvalue weighted by Crippen LogP contribution is 2.43. The van der Waals surface area contributed by atoms with E-state index in [9.17, 15) is 13.2 Å². The van der Waals surface area contributed by atoms with E-state index >= 15 is 0 Å². The molecule has 0 amide bonds. The van der Waals surface area contributed by atoms with Crippen molar-refractivity contribution in [1.82, 2.24) is 0 Å². The van der Waals surface area contributed by atoms with E-state index in [1.165, 1.54) is 11.3 Å². The van der Waals surface area contributed by atoms with Crippen LogP contribution >= 0.6 is 11.3 Å². The molecule has 7 heteroatoms. The molecule has 24 heavy (non-hydrogen) atoms. The summed E-state index contributed by atoms with van der Waals surface area (Å²) in [6.45, 7) is 3.66. The van der Waals surface area contributed by atoms with Crippen LogP contribution in [0.3, 0.4) is 0 Å². The monoisotopic (exact) mass is 354 g/mol. The van der Waals surface area contributed by atoms with Crippen molar-refractivity contribution >= 4 is 17.4 Å². The summed E-state index contributed by atoms with van der Waals surface area (Å²) in [6.07, 6.45) is -6.70. The number of ether oxygens (including phenoxy) is 1. The fraction of sp³-hybridized carbons (Fsp3) is 0.353. The zero-order valence-corrected chi connectivity index (χ0v) is 14.0. The molecule has 0 unspecified atom stereocenters. The van der Waals surface area contributed by atoms with Crippen LogP contribution in [0, 0.1) is 6.92 Å². The van der Waals surface area contributed by atoms with E-state index in [-0.39, 0.29) is 6.42 Å². The molecule has 0 radical (unpaired) electrons. The third-order valence-electron chi connectivity index (χ3n) is 4.05. The minimum Gasteiger partial charge on any atom is -0.452 e. The third kappa shape index (κ3) is 3.26. The van der Waals surface area contributed by atoms with Crippen molar-refractivity contribution in [3.05, 3.63) is 46.2 Å². The summed E-state index contributed by atoms with van der Waals surface area (Å²) in [5, 5.41) is 1.93. The van der Waals surface area contributed by atoms with Crippen LogP contribution in [0.5, 0.6) is 0 Å². The van der Waals surface area contributed by atoms with Gasteiger partial charge < -0.3 is 10.5 Å². The number of hydrogen-bond acceptors (Lipinski definition) is 4. The Morgan fingerprint density at radius 2 is 2.04 bits per heavy atom. The lowest BCUT2D eigenvalue weighted by Gasteiger charge is -2.34. The number of amidine groups is 1. The Morgan fingerprint density at radius 3 is 2.71 bits per heavy atom. The van der Waals surface area contributed by atoms with Gasteiger partial charge in [-0.3, -0.25) is 0 Å². The summed E-state index contributed by atoms with van der Waals surface area (Å²) in [5.74, 6) is 0. The van der Waals surface area contributed by atoms with E-state index < -0.39 is 23.8 Å². The Balaban J connectivity index is 1.95. The fourth-order valence-electron chi connectivity index (χ4n) is 2.80. The smallest absolute Gasteiger partial charge is 0.425 e. The first-order valence-electron chi connectivity index (χ1n) is 7.42. The highest BCUT2D eigenvalue weighted by molar-refractivity contribution is 7.10. The van der Waals surface area contributed by atoms with Gasteiger partial charge in [-0.25, -0.2) is 4.99 Å². The first kappa shape index (κ1) is 16.8. The summed E-state index contributed by atoms with van der Waals surface area (Å²) >= 11 is 1.38. The quantitative estimate of drug-likeness (QED) is 0.856. The number of nitrogens with zero attached hydrogens (tertiary/aromatic N) is 1. The summed E-state index contributed by atoms with van der Waals surface area (Å²) < 4.78 is 43.9. The molecule has 0 fully saturated rings. The molecule has 2 N–H and O–H groups in total. The number of aryl methyl sites for hydroxylation is 1. The van der Waals surface area contributed by atoms with Crippen molar-refractivity contribution in [1.29, 1.82) is 0 Å². The number of hydrogen-bond donors (Lipinski definition) is 1. The highest BCUT2D eigenvalue weighted by Gasteiger charge is 2.49. The van der Waals surface area contributed by atoms with E-state index in [1.807, 2.05) is 42.6 Å². The molecule has 1 aromatic heterocycles. The number of alkyl halides is 3. The zero-order chi connectivity index (χ0) is 17.5. The van der Waals surface area contributed by atoms with Crippen LogP contribution < -0.4 is 5.73 Å². The zero-order valence-electron chi connectivity index (χ0n) is 13.2. The van der Waals surface area contributed by atoms with Crippen LogP contribution in [-0.2, 0) is 10.3 Å². The largest absolute Gasteiger partial charge is 0.452 e. The van der Waals surface area contributed by atoms with E-state index in [0.29, 0.717) is 0 Å². The molecular weight excluding hydrogens is 337 g/mol. The summed E-state index contributed by atoms with van der Waals surface area (Å²) in [7, 11) is 0. The molecule has 128 valence electrons. The van der Waals surface area contributed by atoms with Crippen LogP contribution in [0.2, 0.25) is 0 Å². The number of thiophene rings is 1. The maximum atomic E-state index is 13.1. The van der Waals surface area contributed by atoms with Crippen LogP contribution in [-0.4, -0.2) is 18.3 Å². The van der Waals surface area contributed by atoms with Crippen LogP contribution in [0.4, 0.5) is 13.2 Å². The topological polar surface area (TPSA) is 47.6 Å². The number of nitrogens with two attached hydrogens (primary N) is 1. The lowest BCUT2D eigenvalue weighted by molar-refractivity contribution is -0.208. The maximum Gasteiger partial charge on any atom is 0.425 e. The van der Waals surface area contributed by atoms with E-state index in [1.54, 1.807) is 6.92 Å². The van der Waals surface area contributed by atoms with Gasteiger partial charge in [0.15, 0.2) is 6.10 Å². The van der Waals surface area contributed by atoms with Crippen LogP contribution in [0.15, 0.2) is 40.7 Å². The first-order chi connectivity index (χ1) is 11.2. The van der Waals surface area contributed by atoms with Crippen molar-refractivity contribution < 1.29 is 17.9 Å². The lowest BCUT2D eigenvalue weighted by Crippen LogP contribution is -2.45. The van der Waals surface area contributed by atoms with Crippen LogP contribution in [0.25, 0.3) is 11.1 Å². The Morgan fingerprint density at radius 1 is 1.29 bits per heavy atom. The van der Waals surface area contributed by atoms with Gasteiger partial charge in [-0.15, -0.1) is 11.3 Å². The van der Waals surface area contributed by atoms with E-state index in [0.717, 1.165) is 21.6 Å². The van der Waals surface area contributed by atoms with Crippen molar-refractivity contribution in [2.45, 2.75) is 38.1 Å². The molecule has 0 spiro atoms. The predicted molar refractivity (Wildman–Crippen MR) is 89.0 cm³/mol. The third-order valence-corrected chi connectivity index (χ3v) is 5.23. The van der Waals surface area contributed by atoms with Crippen molar-refractivity contribution in [3.63, 3.8) is 0 Å². The van der Waals surface area contributed by atoms with Gasteiger partial charge in [0.25, 0.3) is 6.02 Å². The average molecular weight is 354 g/mol. The van der Waals surface area contributed by atoms with Crippen molar-refractivity contribution in [2.24, 2.45) is 10.7 Å². The molecule has 0 saturated heterocycles. The molecule has 2 aromatic rings. The van der Waals surface area contributed by atoms with Gasteiger partial charge in [0.2, 0.25) is 0 Å². The van der Waals surface area contributed by atoms with Gasteiger partial charge in [-0.1, -0.05) is 29.8 Å². The molecule has 1 aromatic carbocycles. The summed E-state index contributed by atoms with van der Waals surface area (Å²) in [6, 6.07) is 9.42. The standard InChI is InChI=1S/C17H17F3N2OS/c1-10-4-3-5-11(6-10)12-7-14(24-9-12)16(2)8-13(17(18,19)20)23-15(21)22-16/h3-7,9,13H,8H2,1-2H3,(H2,21,22)/t13-,16-/m0/s1. The van der Waals surface area contributed by atoms with E-state index in [2.05, 4.69) is 9.73 Å². The molecule has 0 bridgehead atoms. The normalized spacial score (nSPS) is 24.4. The molecule has 2 heterocycles. The summed E-state index contributed by atoms with van der Waals surface area (Å²) in [5.41, 5.74) is 7.57. The fourth-order valence-corrected chi connectivity index (χ4v) is 3.83. The van der Waals surface area contributed by atoms with Crippen molar-refractivity contribution in [2.75, 3.05) is 0 Å². The maximum absolute atomic E-state index is 13.1. The Kier molecular flexibility index (Phi) is 4.07. The molecular formula is C17H17F3N2OS. The predicted octanol–water partition coefficient (Wildman–Crippen LogP) is 4.60. The van der Waals surface area contributed by atoms with Crippen LogP contribution in [0.1, 0.15) is 23.8 Å². The second-order valence-corrected chi connectivity index (χ2v) is 7.06. The molecule has 0 aliphatic carbocycles. The Hall–Kier alpha value is -2.02. The van der Waals surface area contributed by atoms with Gasteiger partial charge in [0.05, 0.1) is 0 Å². The molecule has 1 aliphatic rings. The number of halogens is 3. The Labute approximate surface area is 142 Å². The SMILES string of the molecule is Cc1cccc(-c2csc([C@]3(C)C[C@@H](C(F)(F)F)OC(N)=N3)c2)c1. The molecule has 0 saturated carbocycles. The number of rotatable bonds is 2. The second kappa shape index (κ2) is 5.81. The summed E-state index contributed by atoms with van der Waals surface area (Å²) in [4.78, 5) is 4.89. The average Bonchev–Trinajstić information content (AvgIpc) is 2.96. The van der Waals surface area contributed by atoms with Gasteiger partial charge in [-0.05, 0) is 36.4 Å². The molecule has 3 rings (SSSR count). The molecule has 3 nitrogen and oxygen atoms in total. The van der Waals surface area contributed by atoms with Gasteiger partial charge in [0.1, 0.15) is 5.54 Å². The minimum absolute atomic E-state index is 0.287. The second-order valence-electron chi connectivity index (χ2n) is 6.15. The minimum atomic E-state index is -4.47. The lowest BCUT2D eigenvalue weighted by atomic mass is 9.91. The number of aliphatic imine (C=N–C) groups is 1. The van der Waals surface area contributed by atoms with Crippen molar-refractivity contribution in [3.8, 4) is 11.1 Å². The highest BCUT2D eigenvalue weighted by atomic mass is 32.1. The molecule has 1 aliphatic heterocycles.